The highest BCUT2D eigenvalue weighted by atomic mass is 16.1. The highest BCUT2D eigenvalue weighted by Gasteiger charge is 2.14. The van der Waals surface area contributed by atoms with Crippen LogP contribution in [0.5, 0.6) is 0 Å². The molecule has 152 valence electrons. The van der Waals surface area contributed by atoms with Gasteiger partial charge in [-0.05, 0) is 50.2 Å². The van der Waals surface area contributed by atoms with E-state index in [1.807, 2.05) is 37.7 Å². The van der Waals surface area contributed by atoms with E-state index in [0.717, 1.165) is 40.2 Å². The first-order chi connectivity index (χ1) is 13.8. The number of aromatic nitrogens is 2. The van der Waals surface area contributed by atoms with E-state index < -0.39 is 0 Å². The molecule has 0 spiro atoms. The Morgan fingerprint density at radius 2 is 1.76 bits per heavy atom. The van der Waals surface area contributed by atoms with E-state index in [4.69, 9.17) is 0 Å². The standard InChI is InChI=1S/C24H30N4O/c1-17-23(18(2)28(5)26-17)14-24(29)25-15-21-8-6-7-9-22(21)20-12-10-19(11-13-20)16-27(3)4/h6-13H,14-16H2,1-5H3,(H,25,29). The molecule has 0 atom stereocenters. The van der Waals surface area contributed by atoms with E-state index in [1.54, 1.807) is 0 Å². The van der Waals surface area contributed by atoms with Crippen molar-refractivity contribution in [2.45, 2.75) is 33.4 Å². The summed E-state index contributed by atoms with van der Waals surface area (Å²) < 4.78 is 1.83. The van der Waals surface area contributed by atoms with Gasteiger partial charge in [0.25, 0.3) is 0 Å². The van der Waals surface area contributed by atoms with E-state index in [0.29, 0.717) is 13.0 Å². The van der Waals surface area contributed by atoms with Crippen LogP contribution >= 0.6 is 0 Å². The Morgan fingerprint density at radius 3 is 2.38 bits per heavy atom. The van der Waals surface area contributed by atoms with Crippen LogP contribution in [0.15, 0.2) is 48.5 Å². The number of hydrogen-bond donors (Lipinski definition) is 1. The van der Waals surface area contributed by atoms with Crippen molar-refractivity contribution in [3.8, 4) is 11.1 Å². The number of carbonyl (C=O) groups excluding carboxylic acids is 1. The van der Waals surface area contributed by atoms with Crippen molar-refractivity contribution in [3.05, 3.63) is 76.6 Å². The minimum Gasteiger partial charge on any atom is -0.352 e. The Balaban J connectivity index is 1.70. The molecule has 0 bridgehead atoms. The third-order valence-corrected chi connectivity index (χ3v) is 5.25. The number of benzene rings is 2. The van der Waals surface area contributed by atoms with Crippen molar-refractivity contribution >= 4 is 5.91 Å². The van der Waals surface area contributed by atoms with Crippen molar-refractivity contribution in [3.63, 3.8) is 0 Å². The van der Waals surface area contributed by atoms with Crippen LogP contribution < -0.4 is 5.32 Å². The van der Waals surface area contributed by atoms with Crippen LogP contribution in [0.4, 0.5) is 0 Å². The Hall–Kier alpha value is -2.92. The molecule has 0 aliphatic heterocycles. The molecule has 0 radical (unpaired) electrons. The number of nitrogens with zero attached hydrogens (tertiary/aromatic N) is 3. The molecule has 0 saturated carbocycles. The van der Waals surface area contributed by atoms with Crippen molar-refractivity contribution in [2.75, 3.05) is 14.1 Å². The molecule has 1 N–H and O–H groups in total. The average molecular weight is 391 g/mol. The average Bonchev–Trinajstić information content (AvgIpc) is 2.93. The fraction of sp³-hybridized carbons (Fsp3) is 0.333. The van der Waals surface area contributed by atoms with E-state index >= 15 is 0 Å². The minimum absolute atomic E-state index is 0.0142. The first-order valence-corrected chi connectivity index (χ1v) is 9.93. The Kier molecular flexibility index (Phi) is 6.49. The van der Waals surface area contributed by atoms with Gasteiger partial charge in [-0.1, -0.05) is 48.5 Å². The van der Waals surface area contributed by atoms with Crippen molar-refractivity contribution in [1.82, 2.24) is 20.0 Å². The maximum absolute atomic E-state index is 12.5. The van der Waals surface area contributed by atoms with Gasteiger partial charge in [0.1, 0.15) is 0 Å². The fourth-order valence-electron chi connectivity index (χ4n) is 3.60. The molecular formula is C24H30N4O. The summed E-state index contributed by atoms with van der Waals surface area (Å²) in [5.41, 5.74) is 7.67. The van der Waals surface area contributed by atoms with Crippen LogP contribution in [0.2, 0.25) is 0 Å². The molecule has 0 aliphatic carbocycles. The molecule has 1 heterocycles. The molecule has 0 saturated heterocycles. The first kappa shape index (κ1) is 20.8. The molecule has 0 unspecified atom stereocenters. The van der Waals surface area contributed by atoms with E-state index in [-0.39, 0.29) is 5.91 Å². The van der Waals surface area contributed by atoms with Gasteiger partial charge in [0, 0.05) is 31.4 Å². The molecule has 3 rings (SSSR count). The van der Waals surface area contributed by atoms with Gasteiger partial charge in [-0.3, -0.25) is 9.48 Å². The molecule has 0 fully saturated rings. The van der Waals surface area contributed by atoms with Crippen LogP contribution in [-0.2, 0) is 31.4 Å². The number of rotatable bonds is 7. The summed E-state index contributed by atoms with van der Waals surface area (Å²) in [7, 11) is 6.05. The monoisotopic (exact) mass is 390 g/mol. The lowest BCUT2D eigenvalue weighted by Crippen LogP contribution is -2.25. The first-order valence-electron chi connectivity index (χ1n) is 9.93. The topological polar surface area (TPSA) is 50.2 Å². The summed E-state index contributed by atoms with van der Waals surface area (Å²) in [6.45, 7) is 5.38. The quantitative estimate of drug-likeness (QED) is 0.670. The normalized spacial score (nSPS) is 11.1. The Morgan fingerprint density at radius 1 is 1.07 bits per heavy atom. The number of aryl methyl sites for hydroxylation is 2. The maximum Gasteiger partial charge on any atom is 0.224 e. The predicted octanol–water partition coefficient (Wildman–Crippen LogP) is 3.62. The zero-order chi connectivity index (χ0) is 21.0. The highest BCUT2D eigenvalue weighted by molar-refractivity contribution is 5.79. The van der Waals surface area contributed by atoms with E-state index in [9.17, 15) is 4.79 Å². The van der Waals surface area contributed by atoms with Gasteiger partial charge < -0.3 is 10.2 Å². The number of hydrogen-bond acceptors (Lipinski definition) is 3. The molecule has 2 aromatic carbocycles. The van der Waals surface area contributed by atoms with Crippen LogP contribution in [0.3, 0.4) is 0 Å². The summed E-state index contributed by atoms with van der Waals surface area (Å²) in [6.07, 6.45) is 0.354. The van der Waals surface area contributed by atoms with Crippen molar-refractivity contribution in [1.29, 1.82) is 0 Å². The second-order valence-corrected chi connectivity index (χ2v) is 7.82. The molecular weight excluding hydrogens is 360 g/mol. The second-order valence-electron chi connectivity index (χ2n) is 7.82. The zero-order valence-electron chi connectivity index (χ0n) is 18.0. The van der Waals surface area contributed by atoms with Crippen molar-refractivity contribution in [2.24, 2.45) is 7.05 Å². The minimum atomic E-state index is 0.0142. The van der Waals surface area contributed by atoms with E-state index in [2.05, 4.69) is 65.8 Å². The zero-order valence-corrected chi connectivity index (χ0v) is 18.0. The smallest absolute Gasteiger partial charge is 0.224 e. The number of carbonyl (C=O) groups is 1. The van der Waals surface area contributed by atoms with Crippen LogP contribution in [0.1, 0.15) is 28.1 Å². The van der Waals surface area contributed by atoms with Gasteiger partial charge in [0.15, 0.2) is 0 Å². The lowest BCUT2D eigenvalue weighted by atomic mass is 9.98. The van der Waals surface area contributed by atoms with Gasteiger partial charge in [-0.25, -0.2) is 0 Å². The van der Waals surface area contributed by atoms with Gasteiger partial charge in [-0.2, -0.15) is 5.10 Å². The summed E-state index contributed by atoms with van der Waals surface area (Å²) in [5.74, 6) is 0.0142. The summed E-state index contributed by atoms with van der Waals surface area (Å²) in [6, 6.07) is 16.9. The van der Waals surface area contributed by atoms with Gasteiger partial charge >= 0.3 is 0 Å². The van der Waals surface area contributed by atoms with Crippen LogP contribution in [0.25, 0.3) is 11.1 Å². The SMILES string of the molecule is Cc1nn(C)c(C)c1CC(=O)NCc1ccccc1-c1ccc(CN(C)C)cc1. The summed E-state index contributed by atoms with van der Waals surface area (Å²) >= 11 is 0. The molecule has 0 aliphatic rings. The summed E-state index contributed by atoms with van der Waals surface area (Å²) in [5, 5.41) is 7.47. The van der Waals surface area contributed by atoms with E-state index in [1.165, 1.54) is 5.56 Å². The third-order valence-electron chi connectivity index (χ3n) is 5.25. The molecule has 3 aromatic rings. The molecule has 1 amide bonds. The van der Waals surface area contributed by atoms with Crippen molar-refractivity contribution < 1.29 is 4.79 Å². The molecule has 5 heteroatoms. The Bertz CT molecular complexity index is 987. The largest absolute Gasteiger partial charge is 0.352 e. The third kappa shape index (κ3) is 5.12. The van der Waals surface area contributed by atoms with Crippen LogP contribution in [0, 0.1) is 13.8 Å². The lowest BCUT2D eigenvalue weighted by Gasteiger charge is -2.13. The number of nitrogens with one attached hydrogen (secondary N) is 1. The number of amides is 1. The Labute approximate surface area is 173 Å². The highest BCUT2D eigenvalue weighted by Crippen LogP contribution is 2.24. The fourth-order valence-corrected chi connectivity index (χ4v) is 3.60. The molecule has 29 heavy (non-hydrogen) atoms. The summed E-state index contributed by atoms with van der Waals surface area (Å²) in [4.78, 5) is 14.7. The predicted molar refractivity (Wildman–Crippen MR) is 118 cm³/mol. The van der Waals surface area contributed by atoms with Gasteiger partial charge in [0.2, 0.25) is 5.91 Å². The lowest BCUT2D eigenvalue weighted by molar-refractivity contribution is -0.120. The molecule has 5 nitrogen and oxygen atoms in total. The molecule has 1 aromatic heterocycles. The van der Waals surface area contributed by atoms with Gasteiger partial charge in [0.05, 0.1) is 12.1 Å². The van der Waals surface area contributed by atoms with Crippen LogP contribution in [-0.4, -0.2) is 34.7 Å². The van der Waals surface area contributed by atoms with Gasteiger partial charge in [-0.15, -0.1) is 0 Å². The maximum atomic E-state index is 12.5. The second kappa shape index (κ2) is 9.05.